The summed E-state index contributed by atoms with van der Waals surface area (Å²) in [5.74, 6) is 1.88. The molecule has 1 aromatic heterocycles. The summed E-state index contributed by atoms with van der Waals surface area (Å²) in [7, 11) is 1.59. The van der Waals surface area contributed by atoms with Crippen molar-refractivity contribution in [1.29, 1.82) is 0 Å². The Morgan fingerprint density at radius 1 is 1.19 bits per heavy atom. The van der Waals surface area contributed by atoms with Gasteiger partial charge in [-0.25, -0.2) is 4.79 Å². The number of carbonyl (C=O) groups is 2. The van der Waals surface area contributed by atoms with Gasteiger partial charge in [0.2, 0.25) is 12.6 Å². The molecule has 2 unspecified atom stereocenters. The summed E-state index contributed by atoms with van der Waals surface area (Å²) < 4.78 is 12.3. The van der Waals surface area contributed by atoms with Gasteiger partial charge in [-0.05, 0) is 49.3 Å². The predicted octanol–water partition coefficient (Wildman–Crippen LogP) is 4.19. The van der Waals surface area contributed by atoms with Crippen LogP contribution in [0.3, 0.4) is 0 Å². The van der Waals surface area contributed by atoms with Gasteiger partial charge >= 0.3 is 6.09 Å². The maximum absolute atomic E-state index is 12.9. The lowest BCUT2D eigenvalue weighted by molar-refractivity contribution is -0.944. The number of amides is 2. The molecular weight excluding hydrogens is 474 g/mol. The number of nitrogens with one attached hydrogen (secondary N) is 1. The zero-order chi connectivity index (χ0) is 25.1. The molecule has 2 atom stereocenters. The zero-order valence-electron chi connectivity index (χ0n) is 21.3. The first kappa shape index (κ1) is 25.0. The second-order valence-corrected chi connectivity index (χ2v) is 11.3. The summed E-state index contributed by atoms with van der Waals surface area (Å²) in [6.07, 6.45) is 6.01. The van der Waals surface area contributed by atoms with E-state index in [2.05, 4.69) is 41.1 Å². The van der Waals surface area contributed by atoms with E-state index in [9.17, 15) is 9.59 Å². The Labute approximate surface area is 217 Å². The molecule has 3 fully saturated rings. The summed E-state index contributed by atoms with van der Waals surface area (Å²) in [4.78, 5) is 29.2. The number of alkyl carbamates (subject to hydrolysis) is 1. The Morgan fingerprint density at radius 2 is 1.94 bits per heavy atom. The number of carbonyl (C=O) groups excluding carboxylic acids is 2. The van der Waals surface area contributed by atoms with Crippen LogP contribution in [0.4, 0.5) is 10.6 Å². The largest absolute Gasteiger partial charge is 0.411 e. The number of aromatic nitrogens is 1. The standard InChI is InChI=1S/C27H37N5O3S/c1-20-21-9-3-4-10-22(21)26(33)31(20)13-7-8-16-32(19-35-27(34)28-2)17-14-30(15-18-32)25-23-11-5-6-12-24(23)36-29-25/h5-6,11-12,21-22H,1,3-4,7-10,13-19H2,2H3/p+1. The number of nitrogens with zero attached hydrogens (tertiary/aromatic N) is 4. The van der Waals surface area contributed by atoms with E-state index in [-0.39, 0.29) is 12.0 Å². The third kappa shape index (κ3) is 4.95. The molecule has 2 aliphatic heterocycles. The number of unbranched alkanes of at least 4 members (excludes halogenated alkanes) is 1. The van der Waals surface area contributed by atoms with Crippen LogP contribution in [-0.4, -0.2) is 78.8 Å². The highest BCUT2D eigenvalue weighted by molar-refractivity contribution is 7.13. The van der Waals surface area contributed by atoms with Gasteiger partial charge in [-0.2, -0.15) is 4.37 Å². The monoisotopic (exact) mass is 512 g/mol. The molecule has 36 heavy (non-hydrogen) atoms. The van der Waals surface area contributed by atoms with Crippen molar-refractivity contribution in [3.8, 4) is 0 Å². The van der Waals surface area contributed by atoms with Gasteiger partial charge < -0.3 is 19.9 Å². The van der Waals surface area contributed by atoms with E-state index in [1.807, 2.05) is 4.90 Å². The summed E-state index contributed by atoms with van der Waals surface area (Å²) >= 11 is 1.55. The van der Waals surface area contributed by atoms with E-state index in [4.69, 9.17) is 9.11 Å². The second kappa shape index (κ2) is 10.8. The van der Waals surface area contributed by atoms with E-state index in [1.54, 1.807) is 18.6 Å². The maximum Gasteiger partial charge on any atom is 0.411 e. The van der Waals surface area contributed by atoms with Crippen LogP contribution in [0.15, 0.2) is 36.5 Å². The van der Waals surface area contributed by atoms with Crippen LogP contribution in [0.5, 0.6) is 0 Å². The molecule has 2 saturated heterocycles. The average Bonchev–Trinajstić information content (AvgIpc) is 3.45. The van der Waals surface area contributed by atoms with Crippen LogP contribution in [0.1, 0.15) is 38.5 Å². The molecule has 1 N–H and O–H groups in total. The van der Waals surface area contributed by atoms with Crippen LogP contribution in [0.2, 0.25) is 0 Å². The van der Waals surface area contributed by atoms with E-state index in [1.165, 1.54) is 16.5 Å². The molecule has 1 aromatic carbocycles. The minimum Gasteiger partial charge on any atom is -0.399 e. The van der Waals surface area contributed by atoms with Crippen molar-refractivity contribution < 1.29 is 18.8 Å². The summed E-state index contributed by atoms with van der Waals surface area (Å²) in [5.41, 5.74) is 1.04. The van der Waals surface area contributed by atoms with Gasteiger partial charge in [0.1, 0.15) is 0 Å². The number of fused-ring (bicyclic) bond motifs is 2. The highest BCUT2D eigenvalue weighted by atomic mass is 32.1. The summed E-state index contributed by atoms with van der Waals surface area (Å²) in [6, 6.07) is 8.38. The zero-order valence-corrected chi connectivity index (χ0v) is 22.1. The fraction of sp³-hybridized carbons (Fsp3) is 0.593. The molecule has 5 rings (SSSR count). The maximum atomic E-state index is 12.9. The van der Waals surface area contributed by atoms with Crippen LogP contribution in [0, 0.1) is 11.8 Å². The van der Waals surface area contributed by atoms with Gasteiger partial charge in [-0.3, -0.25) is 9.28 Å². The fourth-order valence-electron chi connectivity index (χ4n) is 6.22. The molecule has 194 valence electrons. The van der Waals surface area contributed by atoms with Gasteiger partial charge in [0, 0.05) is 36.5 Å². The van der Waals surface area contributed by atoms with Gasteiger partial charge in [-0.15, -0.1) is 0 Å². The Bertz CT molecular complexity index is 1090. The number of hydrogen-bond donors (Lipinski definition) is 1. The predicted molar refractivity (Wildman–Crippen MR) is 143 cm³/mol. The molecule has 0 radical (unpaired) electrons. The third-order valence-corrected chi connectivity index (χ3v) is 9.23. The number of piperazine rings is 1. The number of anilines is 1. The second-order valence-electron chi connectivity index (χ2n) is 10.5. The normalized spacial score (nSPS) is 23.7. The number of hydrogen-bond acceptors (Lipinski definition) is 6. The molecule has 3 aliphatic rings. The van der Waals surface area contributed by atoms with E-state index < -0.39 is 0 Å². The number of benzene rings is 1. The van der Waals surface area contributed by atoms with Crippen molar-refractivity contribution in [3.05, 3.63) is 36.5 Å². The average molecular weight is 513 g/mol. The van der Waals surface area contributed by atoms with Crippen LogP contribution in [0.25, 0.3) is 10.1 Å². The topological polar surface area (TPSA) is 74.8 Å². The lowest BCUT2D eigenvalue weighted by Gasteiger charge is -2.44. The number of ether oxygens (including phenoxy) is 1. The molecule has 8 nitrogen and oxygen atoms in total. The first-order valence-electron chi connectivity index (χ1n) is 13.3. The Kier molecular flexibility index (Phi) is 7.48. The molecule has 3 heterocycles. The SMILES string of the molecule is C=C1C2CCCCC2C(=O)N1CCCC[N+]1(COC(=O)NC)CCN(c2nsc3ccccc23)CC1. The van der Waals surface area contributed by atoms with Crippen molar-refractivity contribution >= 4 is 39.4 Å². The number of rotatable bonds is 8. The van der Waals surface area contributed by atoms with Crippen molar-refractivity contribution in [2.24, 2.45) is 11.8 Å². The molecule has 0 bridgehead atoms. The number of quaternary nitrogens is 1. The van der Waals surface area contributed by atoms with Crippen LogP contribution < -0.4 is 10.2 Å². The van der Waals surface area contributed by atoms with Gasteiger partial charge in [0.05, 0.1) is 37.4 Å². The molecule has 1 saturated carbocycles. The Morgan fingerprint density at radius 3 is 2.69 bits per heavy atom. The molecule has 9 heteroatoms. The highest BCUT2D eigenvalue weighted by Crippen LogP contribution is 2.43. The number of allylic oxidation sites excluding steroid dienone is 1. The van der Waals surface area contributed by atoms with Gasteiger partial charge in [-0.1, -0.05) is 31.6 Å². The van der Waals surface area contributed by atoms with Crippen molar-refractivity contribution in [1.82, 2.24) is 14.6 Å². The van der Waals surface area contributed by atoms with Gasteiger partial charge in [0.15, 0.2) is 5.82 Å². The first-order valence-corrected chi connectivity index (χ1v) is 14.1. The third-order valence-electron chi connectivity index (χ3n) is 8.41. The Hall–Kier alpha value is -2.65. The molecule has 2 amide bonds. The lowest BCUT2D eigenvalue weighted by Crippen LogP contribution is -2.61. The summed E-state index contributed by atoms with van der Waals surface area (Å²) in [5, 5.41) is 3.78. The fourth-order valence-corrected chi connectivity index (χ4v) is 7.02. The highest BCUT2D eigenvalue weighted by Gasteiger charge is 2.44. The van der Waals surface area contributed by atoms with E-state index in [0.717, 1.165) is 87.4 Å². The molecule has 0 spiro atoms. The van der Waals surface area contributed by atoms with Crippen molar-refractivity contribution in [3.63, 3.8) is 0 Å². The van der Waals surface area contributed by atoms with Crippen molar-refractivity contribution in [2.75, 3.05) is 57.9 Å². The van der Waals surface area contributed by atoms with Gasteiger partial charge in [0.25, 0.3) is 0 Å². The van der Waals surface area contributed by atoms with E-state index >= 15 is 0 Å². The summed E-state index contributed by atoms with van der Waals surface area (Å²) in [6.45, 7) is 9.85. The van der Waals surface area contributed by atoms with Crippen molar-refractivity contribution in [2.45, 2.75) is 38.5 Å². The molecule has 2 aromatic rings. The first-order chi connectivity index (χ1) is 17.5. The minimum atomic E-state index is -0.387. The van der Waals surface area contributed by atoms with Crippen LogP contribution >= 0.6 is 11.5 Å². The lowest BCUT2D eigenvalue weighted by atomic mass is 9.80. The molecule has 1 aliphatic carbocycles. The quantitative estimate of drug-likeness (QED) is 0.424. The Balaban J connectivity index is 1.18. The smallest absolute Gasteiger partial charge is 0.399 e. The number of likely N-dealkylation sites (tertiary alicyclic amines) is 1. The van der Waals surface area contributed by atoms with E-state index in [0.29, 0.717) is 18.6 Å². The van der Waals surface area contributed by atoms with Crippen LogP contribution in [-0.2, 0) is 9.53 Å². The minimum absolute atomic E-state index is 0.167. The molecular formula is C27H38N5O3S+.